The van der Waals surface area contributed by atoms with Gasteiger partial charge in [0.2, 0.25) is 5.91 Å². The maximum atomic E-state index is 12.3. The Hall–Kier alpha value is -2.71. The fourth-order valence-electron chi connectivity index (χ4n) is 2.41. The van der Waals surface area contributed by atoms with Crippen molar-refractivity contribution in [3.8, 4) is 11.5 Å². The molecule has 1 aromatic heterocycles. The Morgan fingerprint density at radius 1 is 1.22 bits per heavy atom. The molecule has 0 radical (unpaired) electrons. The van der Waals surface area contributed by atoms with Crippen LogP contribution in [-0.2, 0) is 4.79 Å². The van der Waals surface area contributed by atoms with Crippen molar-refractivity contribution in [1.29, 1.82) is 0 Å². The molecule has 27 heavy (non-hydrogen) atoms. The van der Waals surface area contributed by atoms with Gasteiger partial charge in [0, 0.05) is 12.1 Å². The molecule has 0 aliphatic carbocycles. The number of hydrogen-bond acceptors (Lipinski definition) is 6. The monoisotopic (exact) mass is 405 g/mol. The minimum absolute atomic E-state index is 0.0510. The fourth-order valence-corrected chi connectivity index (χ4v) is 3.31. The van der Waals surface area contributed by atoms with Crippen LogP contribution in [0.5, 0.6) is 11.5 Å². The van der Waals surface area contributed by atoms with Crippen LogP contribution in [0, 0.1) is 0 Å². The predicted molar refractivity (Wildman–Crippen MR) is 106 cm³/mol. The minimum atomic E-state index is -0.293. The van der Waals surface area contributed by atoms with Crippen molar-refractivity contribution in [1.82, 2.24) is 9.97 Å². The molecule has 0 atom stereocenters. The second kappa shape index (κ2) is 8.32. The van der Waals surface area contributed by atoms with Gasteiger partial charge >= 0.3 is 0 Å². The topological polar surface area (TPSA) is 93.3 Å². The number of aromatic amines is 1. The first-order valence-corrected chi connectivity index (χ1v) is 9.21. The number of benzene rings is 2. The molecule has 0 saturated carbocycles. The smallest absolute Gasteiger partial charge is 0.259 e. The van der Waals surface area contributed by atoms with Gasteiger partial charge in [0.15, 0.2) is 5.16 Å². The van der Waals surface area contributed by atoms with Crippen LogP contribution in [0.3, 0.4) is 0 Å². The molecule has 1 amide bonds. The van der Waals surface area contributed by atoms with Crippen molar-refractivity contribution in [2.75, 3.05) is 25.3 Å². The third-order valence-corrected chi connectivity index (χ3v) is 4.85. The number of nitrogens with zero attached hydrogens (tertiary/aromatic N) is 1. The summed E-state index contributed by atoms with van der Waals surface area (Å²) in [5.41, 5.74) is 0.769. The summed E-state index contributed by atoms with van der Waals surface area (Å²) in [7, 11) is 2.96. The van der Waals surface area contributed by atoms with Crippen molar-refractivity contribution in [2.24, 2.45) is 0 Å². The number of rotatable bonds is 6. The lowest BCUT2D eigenvalue weighted by Crippen LogP contribution is -2.16. The normalized spacial score (nSPS) is 10.6. The van der Waals surface area contributed by atoms with Crippen molar-refractivity contribution in [2.45, 2.75) is 5.16 Å². The van der Waals surface area contributed by atoms with Crippen LogP contribution in [0.4, 0.5) is 5.69 Å². The molecule has 0 aliphatic heterocycles. The number of halogens is 1. The number of thioether (sulfide) groups is 1. The highest BCUT2D eigenvalue weighted by Crippen LogP contribution is 2.35. The molecule has 7 nitrogen and oxygen atoms in total. The van der Waals surface area contributed by atoms with E-state index in [1.54, 1.807) is 36.4 Å². The second-order valence-electron chi connectivity index (χ2n) is 5.41. The van der Waals surface area contributed by atoms with Gasteiger partial charge in [0.25, 0.3) is 5.56 Å². The van der Waals surface area contributed by atoms with Crippen molar-refractivity contribution in [3.63, 3.8) is 0 Å². The number of methoxy groups -OCH3 is 2. The Labute approximate surface area is 164 Å². The average molecular weight is 406 g/mol. The first kappa shape index (κ1) is 19.1. The summed E-state index contributed by atoms with van der Waals surface area (Å²) >= 11 is 7.18. The molecule has 140 valence electrons. The molecular formula is C18H16ClN3O4S. The zero-order valence-corrected chi connectivity index (χ0v) is 16.1. The maximum absolute atomic E-state index is 12.3. The molecule has 0 saturated heterocycles. The van der Waals surface area contributed by atoms with E-state index in [1.807, 2.05) is 0 Å². The average Bonchev–Trinajstić information content (AvgIpc) is 2.67. The van der Waals surface area contributed by atoms with E-state index in [0.29, 0.717) is 38.3 Å². The number of fused-ring (bicyclic) bond motifs is 1. The molecule has 0 unspecified atom stereocenters. The lowest BCUT2D eigenvalue weighted by Gasteiger charge is -2.13. The number of ether oxygens (including phenoxy) is 2. The maximum Gasteiger partial charge on any atom is 0.259 e. The number of amides is 1. The van der Waals surface area contributed by atoms with Gasteiger partial charge in [-0.3, -0.25) is 9.59 Å². The molecule has 3 rings (SSSR count). The first-order chi connectivity index (χ1) is 13.0. The van der Waals surface area contributed by atoms with Gasteiger partial charge in [-0.15, -0.1) is 0 Å². The summed E-state index contributed by atoms with van der Waals surface area (Å²) in [5, 5.41) is 3.99. The number of hydrogen-bond donors (Lipinski definition) is 2. The van der Waals surface area contributed by atoms with Gasteiger partial charge in [0.1, 0.15) is 11.5 Å². The van der Waals surface area contributed by atoms with Gasteiger partial charge < -0.3 is 19.8 Å². The van der Waals surface area contributed by atoms with E-state index >= 15 is 0 Å². The Kier molecular flexibility index (Phi) is 5.88. The third-order valence-electron chi connectivity index (χ3n) is 3.68. The summed E-state index contributed by atoms with van der Waals surface area (Å²) in [6.45, 7) is 0. The third kappa shape index (κ3) is 4.35. The Balaban J connectivity index is 1.73. The quantitative estimate of drug-likeness (QED) is 0.482. The lowest BCUT2D eigenvalue weighted by atomic mass is 10.2. The number of para-hydroxylation sites is 1. The lowest BCUT2D eigenvalue weighted by molar-refractivity contribution is -0.113. The van der Waals surface area contributed by atoms with Crippen molar-refractivity contribution in [3.05, 3.63) is 51.8 Å². The highest BCUT2D eigenvalue weighted by molar-refractivity contribution is 7.99. The summed E-state index contributed by atoms with van der Waals surface area (Å²) in [6, 6.07) is 10.2. The number of nitrogens with one attached hydrogen (secondary N) is 2. The van der Waals surface area contributed by atoms with Crippen LogP contribution < -0.4 is 20.3 Å². The van der Waals surface area contributed by atoms with Gasteiger partial charge in [-0.05, 0) is 12.1 Å². The van der Waals surface area contributed by atoms with Gasteiger partial charge in [-0.25, -0.2) is 4.98 Å². The van der Waals surface area contributed by atoms with E-state index < -0.39 is 0 Å². The predicted octanol–water partition coefficient (Wildman–Crippen LogP) is 3.32. The van der Waals surface area contributed by atoms with Crippen molar-refractivity contribution < 1.29 is 14.3 Å². The largest absolute Gasteiger partial charge is 0.495 e. The van der Waals surface area contributed by atoms with E-state index in [-0.39, 0.29) is 17.2 Å². The number of aromatic nitrogens is 2. The van der Waals surface area contributed by atoms with Crippen LogP contribution >= 0.6 is 23.4 Å². The number of carbonyl (C=O) groups is 1. The minimum Gasteiger partial charge on any atom is -0.495 e. The van der Waals surface area contributed by atoms with Crippen LogP contribution in [0.2, 0.25) is 5.02 Å². The summed E-state index contributed by atoms with van der Waals surface area (Å²) in [5.74, 6) is 0.589. The van der Waals surface area contributed by atoms with Gasteiger partial charge in [-0.1, -0.05) is 35.5 Å². The molecule has 0 aliphatic rings. The Bertz CT molecular complexity index is 1050. The van der Waals surface area contributed by atoms with Crippen LogP contribution in [0.25, 0.3) is 10.9 Å². The first-order valence-electron chi connectivity index (χ1n) is 7.85. The fraction of sp³-hybridized carbons (Fsp3) is 0.167. The molecule has 0 spiro atoms. The van der Waals surface area contributed by atoms with Crippen LogP contribution in [0.15, 0.2) is 46.3 Å². The van der Waals surface area contributed by atoms with Crippen LogP contribution in [-0.4, -0.2) is 35.8 Å². The molecule has 3 aromatic rings. The molecule has 9 heteroatoms. The number of carbonyl (C=O) groups excluding carboxylic acids is 1. The molecule has 0 fully saturated rings. The Morgan fingerprint density at radius 2 is 1.96 bits per heavy atom. The van der Waals surface area contributed by atoms with Gasteiger partial charge in [-0.2, -0.15) is 0 Å². The van der Waals surface area contributed by atoms with E-state index in [0.717, 1.165) is 11.8 Å². The molecular weight excluding hydrogens is 390 g/mol. The van der Waals surface area contributed by atoms with E-state index in [2.05, 4.69) is 15.3 Å². The van der Waals surface area contributed by atoms with Crippen LogP contribution in [0.1, 0.15) is 0 Å². The highest BCUT2D eigenvalue weighted by Gasteiger charge is 2.13. The zero-order chi connectivity index (χ0) is 19.4. The summed E-state index contributed by atoms with van der Waals surface area (Å²) in [4.78, 5) is 31.4. The van der Waals surface area contributed by atoms with E-state index in [4.69, 9.17) is 21.1 Å². The highest BCUT2D eigenvalue weighted by atomic mass is 35.5. The zero-order valence-electron chi connectivity index (χ0n) is 14.5. The SMILES string of the molecule is COc1cc(NC(=O)CSc2nc3ccccc3c(=O)[nH]2)c(OC)cc1Cl. The molecule has 2 aromatic carbocycles. The Morgan fingerprint density at radius 3 is 2.70 bits per heavy atom. The number of anilines is 1. The molecule has 1 heterocycles. The standard InChI is InChI=1S/C18H16ClN3O4S/c1-25-14-8-13(15(26-2)7-11(14)19)20-16(23)9-27-18-21-12-6-4-3-5-10(12)17(24)22-18/h3-8H,9H2,1-2H3,(H,20,23)(H,21,22,24). The van der Waals surface area contributed by atoms with Gasteiger partial charge in [0.05, 0.1) is 41.6 Å². The molecule has 0 bridgehead atoms. The number of H-pyrrole nitrogens is 1. The van der Waals surface area contributed by atoms with Crippen molar-refractivity contribution >= 4 is 45.9 Å². The van der Waals surface area contributed by atoms with E-state index in [9.17, 15) is 9.59 Å². The van der Waals surface area contributed by atoms with E-state index in [1.165, 1.54) is 14.2 Å². The second-order valence-corrected chi connectivity index (χ2v) is 6.78. The summed E-state index contributed by atoms with van der Waals surface area (Å²) in [6.07, 6.45) is 0. The molecule has 2 N–H and O–H groups in total. The summed E-state index contributed by atoms with van der Waals surface area (Å²) < 4.78 is 10.4.